The first-order chi connectivity index (χ1) is 8.31. The molecule has 0 bridgehead atoms. The van der Waals surface area contributed by atoms with Crippen molar-refractivity contribution < 1.29 is 14.6 Å². The molecule has 0 fully saturated rings. The predicted octanol–water partition coefficient (Wildman–Crippen LogP) is 1.19. The quantitative estimate of drug-likeness (QED) is 0.618. The molecule has 0 saturated carbocycles. The molecule has 108 valence electrons. The highest BCUT2D eigenvalue weighted by Gasteiger charge is 2.33. The van der Waals surface area contributed by atoms with Crippen LogP contribution in [0.3, 0.4) is 0 Å². The van der Waals surface area contributed by atoms with Crippen LogP contribution in [0.5, 0.6) is 0 Å². The zero-order valence-electron chi connectivity index (χ0n) is 12.3. The Morgan fingerprint density at radius 3 is 2.56 bits per heavy atom. The molecule has 5 heteroatoms. The smallest absolute Gasteiger partial charge is 0.324 e. The van der Waals surface area contributed by atoms with Gasteiger partial charge in [-0.1, -0.05) is 6.92 Å². The molecular weight excluding hydrogens is 232 g/mol. The summed E-state index contributed by atoms with van der Waals surface area (Å²) in [6.07, 6.45) is 1.13. The number of rotatable bonds is 10. The van der Waals surface area contributed by atoms with E-state index in [4.69, 9.17) is 4.74 Å². The fourth-order valence-corrected chi connectivity index (χ4v) is 1.66. The normalized spacial score (nSPS) is 15.1. The second-order valence-corrected chi connectivity index (χ2v) is 5.22. The van der Waals surface area contributed by atoms with Crippen LogP contribution in [0.15, 0.2) is 0 Å². The topological polar surface area (TPSA) is 61.8 Å². The molecule has 1 atom stereocenters. The number of hydrogen-bond donors (Lipinski definition) is 2. The summed E-state index contributed by atoms with van der Waals surface area (Å²) in [7, 11) is 1.92. The number of hydrogen-bond acceptors (Lipinski definition) is 4. The fraction of sp³-hybridized carbons (Fsp3) is 0.923. The summed E-state index contributed by atoms with van der Waals surface area (Å²) >= 11 is 0. The Bertz CT molecular complexity index is 246. The van der Waals surface area contributed by atoms with Gasteiger partial charge in [0.15, 0.2) is 0 Å². The van der Waals surface area contributed by atoms with Crippen molar-refractivity contribution in [1.82, 2.24) is 10.2 Å². The Morgan fingerprint density at radius 2 is 2.11 bits per heavy atom. The van der Waals surface area contributed by atoms with Crippen LogP contribution in [0.25, 0.3) is 0 Å². The second kappa shape index (κ2) is 8.45. The molecule has 5 nitrogen and oxygen atoms in total. The average Bonchev–Trinajstić information content (AvgIpc) is 2.25. The number of carboxylic acids is 1. The van der Waals surface area contributed by atoms with Gasteiger partial charge in [-0.2, -0.15) is 0 Å². The zero-order valence-corrected chi connectivity index (χ0v) is 12.3. The van der Waals surface area contributed by atoms with Crippen LogP contribution in [-0.4, -0.2) is 60.9 Å². The minimum Gasteiger partial charge on any atom is -0.480 e. The summed E-state index contributed by atoms with van der Waals surface area (Å²) in [4.78, 5) is 13.3. The van der Waals surface area contributed by atoms with E-state index in [0.717, 1.165) is 13.0 Å². The molecular formula is C13H28N2O3. The van der Waals surface area contributed by atoms with Crippen molar-refractivity contribution >= 4 is 5.97 Å². The highest BCUT2D eigenvalue weighted by Crippen LogP contribution is 2.06. The van der Waals surface area contributed by atoms with Gasteiger partial charge in [-0.3, -0.25) is 4.79 Å². The summed E-state index contributed by atoms with van der Waals surface area (Å²) in [5, 5.41) is 12.4. The highest BCUT2D eigenvalue weighted by molar-refractivity contribution is 5.78. The van der Waals surface area contributed by atoms with Crippen LogP contribution in [0.4, 0.5) is 0 Å². The van der Waals surface area contributed by atoms with Crippen molar-refractivity contribution in [3.05, 3.63) is 0 Å². The zero-order chi connectivity index (χ0) is 14.2. The van der Waals surface area contributed by atoms with E-state index >= 15 is 0 Å². The maximum absolute atomic E-state index is 11.3. The minimum absolute atomic E-state index is 0.211. The lowest BCUT2D eigenvalue weighted by Gasteiger charge is -2.31. The molecule has 1 unspecified atom stereocenters. The average molecular weight is 260 g/mol. The Labute approximate surface area is 110 Å². The molecule has 0 aliphatic carbocycles. The van der Waals surface area contributed by atoms with Crippen molar-refractivity contribution in [3.8, 4) is 0 Å². The minimum atomic E-state index is -0.900. The number of aliphatic carboxylic acids is 1. The van der Waals surface area contributed by atoms with Gasteiger partial charge in [-0.15, -0.1) is 0 Å². The van der Waals surface area contributed by atoms with Crippen LogP contribution in [0, 0.1) is 0 Å². The summed E-state index contributed by atoms with van der Waals surface area (Å²) in [6, 6.07) is 0. The van der Waals surface area contributed by atoms with E-state index in [0.29, 0.717) is 19.7 Å². The standard InChI is InChI=1S/C13H28N2O3/c1-6-7-14-13(4,12(16)17)10-15(5)8-9-18-11(2)3/h11,14H,6-10H2,1-5H3,(H,16,17). The van der Waals surface area contributed by atoms with Crippen molar-refractivity contribution in [2.45, 2.75) is 45.8 Å². The van der Waals surface area contributed by atoms with Gasteiger partial charge in [-0.05, 0) is 40.8 Å². The largest absolute Gasteiger partial charge is 0.480 e. The number of nitrogens with one attached hydrogen (secondary N) is 1. The van der Waals surface area contributed by atoms with Gasteiger partial charge in [0.25, 0.3) is 0 Å². The van der Waals surface area contributed by atoms with Crippen molar-refractivity contribution in [2.24, 2.45) is 0 Å². The summed E-state index contributed by atoms with van der Waals surface area (Å²) in [5.74, 6) is -0.812. The Kier molecular flexibility index (Phi) is 8.15. The van der Waals surface area contributed by atoms with Gasteiger partial charge in [0, 0.05) is 13.1 Å². The summed E-state index contributed by atoms with van der Waals surface area (Å²) in [6.45, 7) is 10.3. The van der Waals surface area contributed by atoms with Gasteiger partial charge in [-0.25, -0.2) is 0 Å². The molecule has 0 amide bonds. The van der Waals surface area contributed by atoms with E-state index in [1.165, 1.54) is 0 Å². The fourth-order valence-electron chi connectivity index (χ4n) is 1.66. The SMILES string of the molecule is CCCNC(C)(CN(C)CCOC(C)C)C(=O)O. The number of nitrogens with zero attached hydrogens (tertiary/aromatic N) is 1. The van der Waals surface area contributed by atoms with Crippen LogP contribution >= 0.6 is 0 Å². The van der Waals surface area contributed by atoms with Crippen molar-refractivity contribution in [3.63, 3.8) is 0 Å². The van der Waals surface area contributed by atoms with Gasteiger partial charge in [0.2, 0.25) is 0 Å². The van der Waals surface area contributed by atoms with Crippen LogP contribution < -0.4 is 5.32 Å². The summed E-state index contributed by atoms with van der Waals surface area (Å²) in [5.41, 5.74) is -0.900. The molecule has 0 aromatic heterocycles. The van der Waals surface area contributed by atoms with E-state index in [-0.39, 0.29) is 6.10 Å². The molecule has 0 aromatic rings. The lowest BCUT2D eigenvalue weighted by Crippen LogP contribution is -2.56. The Balaban J connectivity index is 4.18. The van der Waals surface area contributed by atoms with Crippen molar-refractivity contribution in [2.75, 3.05) is 33.3 Å². The molecule has 0 heterocycles. The second-order valence-electron chi connectivity index (χ2n) is 5.22. The van der Waals surface area contributed by atoms with E-state index in [9.17, 15) is 9.90 Å². The molecule has 0 saturated heterocycles. The molecule has 0 radical (unpaired) electrons. The molecule has 0 rings (SSSR count). The Hall–Kier alpha value is -0.650. The molecule has 0 aliphatic rings. The van der Waals surface area contributed by atoms with E-state index in [2.05, 4.69) is 5.32 Å². The molecule has 0 aromatic carbocycles. The lowest BCUT2D eigenvalue weighted by molar-refractivity contribution is -0.145. The Morgan fingerprint density at radius 1 is 1.50 bits per heavy atom. The third-order valence-electron chi connectivity index (χ3n) is 2.75. The maximum Gasteiger partial charge on any atom is 0.324 e. The first-order valence-electron chi connectivity index (χ1n) is 6.60. The number of ether oxygens (including phenoxy) is 1. The third-order valence-corrected chi connectivity index (χ3v) is 2.75. The van der Waals surface area contributed by atoms with Crippen LogP contribution in [0.1, 0.15) is 34.1 Å². The molecule has 18 heavy (non-hydrogen) atoms. The third kappa shape index (κ3) is 6.93. The molecule has 0 aliphatic heterocycles. The number of likely N-dealkylation sites (N-methyl/N-ethyl adjacent to an activating group) is 1. The van der Waals surface area contributed by atoms with Crippen molar-refractivity contribution in [1.29, 1.82) is 0 Å². The highest BCUT2D eigenvalue weighted by atomic mass is 16.5. The number of carbonyl (C=O) groups is 1. The van der Waals surface area contributed by atoms with E-state index < -0.39 is 11.5 Å². The van der Waals surface area contributed by atoms with Gasteiger partial charge >= 0.3 is 5.97 Å². The van der Waals surface area contributed by atoms with E-state index in [1.54, 1.807) is 6.92 Å². The maximum atomic E-state index is 11.3. The van der Waals surface area contributed by atoms with E-state index in [1.807, 2.05) is 32.7 Å². The van der Waals surface area contributed by atoms with Gasteiger partial charge < -0.3 is 20.1 Å². The predicted molar refractivity (Wildman–Crippen MR) is 72.9 cm³/mol. The van der Waals surface area contributed by atoms with Gasteiger partial charge in [0.05, 0.1) is 12.7 Å². The first kappa shape index (κ1) is 17.4. The van der Waals surface area contributed by atoms with Crippen LogP contribution in [-0.2, 0) is 9.53 Å². The number of carboxylic acid groups (broad SMARTS) is 1. The lowest BCUT2D eigenvalue weighted by atomic mass is 10.0. The first-order valence-corrected chi connectivity index (χ1v) is 6.60. The van der Waals surface area contributed by atoms with Crippen LogP contribution in [0.2, 0.25) is 0 Å². The molecule has 2 N–H and O–H groups in total. The summed E-state index contributed by atoms with van der Waals surface area (Å²) < 4.78 is 5.46. The van der Waals surface area contributed by atoms with Gasteiger partial charge in [0.1, 0.15) is 5.54 Å². The molecule has 0 spiro atoms. The monoisotopic (exact) mass is 260 g/mol.